The Bertz CT molecular complexity index is 255. The highest BCUT2D eigenvalue weighted by molar-refractivity contribution is 4.79. The van der Waals surface area contributed by atoms with Crippen molar-refractivity contribution < 1.29 is 18.9 Å². The Morgan fingerprint density at radius 2 is 1.71 bits per heavy atom. The van der Waals surface area contributed by atoms with Gasteiger partial charge in [-0.05, 0) is 40.0 Å². The second kappa shape index (κ2) is 10.5. The third-order valence-corrected chi connectivity index (χ3v) is 3.37. The number of hydrogen-bond acceptors (Lipinski definition) is 5. The average molecular weight is 303 g/mol. The first-order valence-electron chi connectivity index (χ1n) is 8.06. The highest BCUT2D eigenvalue weighted by Crippen LogP contribution is 2.20. The summed E-state index contributed by atoms with van der Waals surface area (Å²) in [5.41, 5.74) is 0.151. The predicted molar refractivity (Wildman–Crippen MR) is 83.8 cm³/mol. The van der Waals surface area contributed by atoms with Crippen molar-refractivity contribution in [1.82, 2.24) is 5.32 Å². The van der Waals surface area contributed by atoms with Crippen molar-refractivity contribution in [3.05, 3.63) is 0 Å². The Labute approximate surface area is 129 Å². The van der Waals surface area contributed by atoms with Gasteiger partial charge in [-0.25, -0.2) is 0 Å². The zero-order valence-corrected chi connectivity index (χ0v) is 14.2. The molecule has 1 fully saturated rings. The molecule has 1 saturated heterocycles. The molecule has 0 aromatic heterocycles. The van der Waals surface area contributed by atoms with Crippen LogP contribution in [-0.2, 0) is 18.9 Å². The maximum Gasteiger partial charge on any atom is 0.0813 e. The fourth-order valence-electron chi connectivity index (χ4n) is 2.21. The van der Waals surface area contributed by atoms with E-state index in [1.807, 2.05) is 0 Å². The zero-order valence-electron chi connectivity index (χ0n) is 14.2. The second-order valence-electron chi connectivity index (χ2n) is 6.62. The summed E-state index contributed by atoms with van der Waals surface area (Å²) >= 11 is 0. The minimum Gasteiger partial charge on any atom is -0.385 e. The molecular formula is C16H33NO4. The monoisotopic (exact) mass is 303 g/mol. The quantitative estimate of drug-likeness (QED) is 0.592. The van der Waals surface area contributed by atoms with Crippen molar-refractivity contribution in [3.8, 4) is 0 Å². The summed E-state index contributed by atoms with van der Waals surface area (Å²) in [4.78, 5) is 0. The topological polar surface area (TPSA) is 49.0 Å². The molecule has 0 radical (unpaired) electrons. The lowest BCUT2D eigenvalue weighted by atomic mass is 10.1. The summed E-state index contributed by atoms with van der Waals surface area (Å²) in [5, 5.41) is 3.49. The van der Waals surface area contributed by atoms with E-state index in [1.54, 1.807) is 7.11 Å². The summed E-state index contributed by atoms with van der Waals surface area (Å²) in [6.07, 6.45) is 3.70. The van der Waals surface area contributed by atoms with Gasteiger partial charge in [-0.2, -0.15) is 0 Å². The molecule has 1 rings (SSSR count). The van der Waals surface area contributed by atoms with Crippen LogP contribution in [0.5, 0.6) is 0 Å². The standard InChI is InChI=1S/C16H33NO4/c1-16(2,3)17-12-14-6-7-15(21-14)13-20-11-10-19-9-5-8-18-4/h14-15,17H,5-13H2,1-4H3. The fraction of sp³-hybridized carbons (Fsp3) is 1.00. The minimum atomic E-state index is 0.151. The largest absolute Gasteiger partial charge is 0.385 e. The molecule has 0 amide bonds. The molecule has 0 saturated carbocycles. The second-order valence-corrected chi connectivity index (χ2v) is 6.62. The molecule has 0 spiro atoms. The molecule has 1 N–H and O–H groups in total. The van der Waals surface area contributed by atoms with Crippen molar-refractivity contribution >= 4 is 0 Å². The molecule has 0 bridgehead atoms. The van der Waals surface area contributed by atoms with Crippen LogP contribution in [0.1, 0.15) is 40.0 Å². The Morgan fingerprint density at radius 1 is 1.00 bits per heavy atom. The molecular weight excluding hydrogens is 270 g/mol. The van der Waals surface area contributed by atoms with Crippen molar-refractivity contribution in [1.29, 1.82) is 0 Å². The zero-order chi connectivity index (χ0) is 15.6. The van der Waals surface area contributed by atoms with Gasteiger partial charge in [0.25, 0.3) is 0 Å². The van der Waals surface area contributed by atoms with Crippen LogP contribution in [0.4, 0.5) is 0 Å². The van der Waals surface area contributed by atoms with Gasteiger partial charge < -0.3 is 24.3 Å². The van der Waals surface area contributed by atoms with Crippen molar-refractivity contribution in [2.75, 3.05) is 46.7 Å². The van der Waals surface area contributed by atoms with Gasteiger partial charge in [-0.3, -0.25) is 0 Å². The van der Waals surface area contributed by atoms with E-state index in [2.05, 4.69) is 26.1 Å². The van der Waals surface area contributed by atoms with Crippen molar-refractivity contribution in [2.24, 2.45) is 0 Å². The number of ether oxygens (including phenoxy) is 4. The third kappa shape index (κ3) is 10.2. The van der Waals surface area contributed by atoms with Gasteiger partial charge in [-0.15, -0.1) is 0 Å². The molecule has 126 valence electrons. The van der Waals surface area contributed by atoms with Crippen molar-refractivity contribution in [2.45, 2.75) is 57.8 Å². The molecule has 1 aliphatic heterocycles. The Kier molecular flexibility index (Phi) is 9.44. The number of nitrogens with one attached hydrogen (secondary N) is 1. The van der Waals surface area contributed by atoms with E-state index in [0.717, 1.165) is 39.0 Å². The first-order chi connectivity index (χ1) is 10.0. The Balaban J connectivity index is 1.93. The number of hydrogen-bond donors (Lipinski definition) is 1. The van der Waals surface area contributed by atoms with Crippen LogP contribution in [0.15, 0.2) is 0 Å². The van der Waals surface area contributed by atoms with Crippen LogP contribution in [0, 0.1) is 0 Å². The summed E-state index contributed by atoms with van der Waals surface area (Å²) in [6, 6.07) is 0. The highest BCUT2D eigenvalue weighted by Gasteiger charge is 2.26. The highest BCUT2D eigenvalue weighted by atomic mass is 16.6. The van der Waals surface area contributed by atoms with Gasteiger partial charge in [-0.1, -0.05) is 0 Å². The molecule has 1 aliphatic rings. The predicted octanol–water partition coefficient (Wildman–Crippen LogP) is 1.99. The molecule has 1 heterocycles. The van der Waals surface area contributed by atoms with Crippen LogP contribution in [0.3, 0.4) is 0 Å². The molecule has 5 nitrogen and oxygen atoms in total. The number of rotatable bonds is 11. The summed E-state index contributed by atoms with van der Waals surface area (Å²) < 4.78 is 22.0. The van der Waals surface area contributed by atoms with E-state index in [1.165, 1.54) is 0 Å². The first kappa shape index (κ1) is 18.8. The fourth-order valence-corrected chi connectivity index (χ4v) is 2.21. The molecule has 5 heteroatoms. The molecule has 2 unspecified atom stereocenters. The van der Waals surface area contributed by atoms with E-state index >= 15 is 0 Å². The van der Waals surface area contributed by atoms with Gasteiger partial charge in [0.05, 0.1) is 32.0 Å². The third-order valence-electron chi connectivity index (χ3n) is 3.37. The van der Waals surface area contributed by atoms with Gasteiger partial charge in [0, 0.05) is 32.4 Å². The average Bonchev–Trinajstić information content (AvgIpc) is 2.87. The maximum atomic E-state index is 5.97. The van der Waals surface area contributed by atoms with E-state index in [0.29, 0.717) is 25.9 Å². The van der Waals surface area contributed by atoms with Crippen LogP contribution in [0.25, 0.3) is 0 Å². The molecule has 0 aliphatic carbocycles. The van der Waals surface area contributed by atoms with E-state index < -0.39 is 0 Å². The maximum absolute atomic E-state index is 5.97. The van der Waals surface area contributed by atoms with Gasteiger partial charge in [0.15, 0.2) is 0 Å². The molecule has 2 atom stereocenters. The van der Waals surface area contributed by atoms with Gasteiger partial charge in [0.1, 0.15) is 0 Å². The summed E-state index contributed by atoms with van der Waals surface area (Å²) in [5.74, 6) is 0. The van der Waals surface area contributed by atoms with Gasteiger partial charge >= 0.3 is 0 Å². The van der Waals surface area contributed by atoms with Crippen LogP contribution in [0.2, 0.25) is 0 Å². The summed E-state index contributed by atoms with van der Waals surface area (Å²) in [7, 11) is 1.70. The van der Waals surface area contributed by atoms with Crippen molar-refractivity contribution in [3.63, 3.8) is 0 Å². The van der Waals surface area contributed by atoms with Crippen LogP contribution < -0.4 is 5.32 Å². The lowest BCUT2D eigenvalue weighted by molar-refractivity contribution is -0.0303. The lowest BCUT2D eigenvalue weighted by Gasteiger charge is -2.23. The molecule has 0 aromatic rings. The minimum absolute atomic E-state index is 0.151. The number of methoxy groups -OCH3 is 1. The Hall–Kier alpha value is -0.200. The summed E-state index contributed by atoms with van der Waals surface area (Å²) in [6.45, 7) is 10.9. The van der Waals surface area contributed by atoms with Crippen LogP contribution >= 0.6 is 0 Å². The van der Waals surface area contributed by atoms with Gasteiger partial charge in [0.2, 0.25) is 0 Å². The van der Waals surface area contributed by atoms with E-state index in [9.17, 15) is 0 Å². The molecule has 0 aromatic carbocycles. The van der Waals surface area contributed by atoms with E-state index in [4.69, 9.17) is 18.9 Å². The Morgan fingerprint density at radius 3 is 2.43 bits per heavy atom. The van der Waals surface area contributed by atoms with E-state index in [-0.39, 0.29) is 11.6 Å². The van der Waals surface area contributed by atoms with Crippen LogP contribution in [-0.4, -0.2) is 64.4 Å². The lowest BCUT2D eigenvalue weighted by Crippen LogP contribution is -2.41. The SMILES string of the molecule is COCCCOCCOCC1CCC(CNC(C)(C)C)O1. The normalized spacial score (nSPS) is 22.9. The smallest absolute Gasteiger partial charge is 0.0813 e. The first-order valence-corrected chi connectivity index (χ1v) is 8.06. The molecule has 21 heavy (non-hydrogen) atoms.